The fourth-order valence-corrected chi connectivity index (χ4v) is 3.06. The lowest BCUT2D eigenvalue weighted by atomic mass is 9.98. The van der Waals surface area contributed by atoms with Crippen molar-refractivity contribution in [3.63, 3.8) is 0 Å². The number of rotatable bonds is 6. The molecule has 0 fully saturated rings. The first-order valence-corrected chi connectivity index (χ1v) is 9.32. The molecule has 0 aliphatic carbocycles. The van der Waals surface area contributed by atoms with Crippen LogP contribution in [-0.4, -0.2) is 33.9 Å². The molecule has 7 nitrogen and oxygen atoms in total. The van der Waals surface area contributed by atoms with Crippen LogP contribution in [0, 0.1) is 0 Å². The van der Waals surface area contributed by atoms with Crippen molar-refractivity contribution in [1.29, 1.82) is 0 Å². The zero-order valence-corrected chi connectivity index (χ0v) is 16.5. The van der Waals surface area contributed by atoms with Gasteiger partial charge in [-0.05, 0) is 31.2 Å². The number of carboxylic acids is 1. The van der Waals surface area contributed by atoms with E-state index in [9.17, 15) is 14.4 Å². The SMILES string of the molecule is CC(NC(=O)c1ccc(NC(=O)Cc2csc(C(C)(C)C)n2)cc1)C(=O)O. The lowest BCUT2D eigenvalue weighted by molar-refractivity contribution is -0.138. The summed E-state index contributed by atoms with van der Waals surface area (Å²) >= 11 is 1.54. The van der Waals surface area contributed by atoms with Crippen molar-refractivity contribution in [3.05, 3.63) is 45.9 Å². The van der Waals surface area contributed by atoms with Crippen molar-refractivity contribution in [2.45, 2.75) is 45.6 Å². The number of aliphatic carboxylic acids is 1. The number of amides is 2. The standard InChI is InChI=1S/C19H23N3O4S/c1-11(17(25)26)20-16(24)12-5-7-13(8-6-12)21-15(23)9-14-10-27-18(22-14)19(2,3)4/h5-8,10-11H,9H2,1-4H3,(H,20,24)(H,21,23)(H,25,26). The fourth-order valence-electron chi connectivity index (χ4n) is 2.15. The molecule has 0 spiro atoms. The molecule has 0 saturated carbocycles. The zero-order chi connectivity index (χ0) is 20.2. The Kier molecular flexibility index (Phi) is 6.32. The molecule has 0 aliphatic rings. The van der Waals surface area contributed by atoms with Crippen molar-refractivity contribution in [1.82, 2.24) is 10.3 Å². The van der Waals surface area contributed by atoms with Crippen molar-refractivity contribution < 1.29 is 19.5 Å². The Morgan fingerprint density at radius 3 is 2.33 bits per heavy atom. The van der Waals surface area contributed by atoms with Crippen molar-refractivity contribution in [2.24, 2.45) is 0 Å². The molecule has 0 radical (unpaired) electrons. The number of carbonyl (C=O) groups excluding carboxylic acids is 2. The second-order valence-corrected chi connectivity index (χ2v) is 8.09. The van der Waals surface area contributed by atoms with Crippen LogP contribution >= 0.6 is 11.3 Å². The number of nitrogens with one attached hydrogen (secondary N) is 2. The summed E-state index contributed by atoms with van der Waals surface area (Å²) in [7, 11) is 0. The topological polar surface area (TPSA) is 108 Å². The van der Waals surface area contributed by atoms with Gasteiger partial charge in [-0.1, -0.05) is 20.8 Å². The molecule has 2 aromatic rings. The molecule has 1 atom stereocenters. The van der Waals surface area contributed by atoms with E-state index < -0.39 is 17.9 Å². The average Bonchev–Trinajstić information content (AvgIpc) is 3.03. The van der Waals surface area contributed by atoms with Gasteiger partial charge < -0.3 is 15.7 Å². The predicted molar refractivity (Wildman–Crippen MR) is 104 cm³/mol. The Balaban J connectivity index is 1.94. The van der Waals surface area contributed by atoms with Crippen LogP contribution in [0.4, 0.5) is 5.69 Å². The molecule has 2 amide bonds. The number of carboxylic acid groups (broad SMARTS) is 1. The minimum absolute atomic E-state index is 0.0477. The Morgan fingerprint density at radius 2 is 1.81 bits per heavy atom. The van der Waals surface area contributed by atoms with E-state index in [1.807, 2.05) is 5.38 Å². The monoisotopic (exact) mass is 389 g/mol. The predicted octanol–water partition coefficient (Wildman–Crippen LogP) is 2.82. The maximum Gasteiger partial charge on any atom is 0.325 e. The summed E-state index contributed by atoms with van der Waals surface area (Å²) in [6.45, 7) is 7.61. The van der Waals surface area contributed by atoms with Gasteiger partial charge in [0, 0.05) is 22.0 Å². The van der Waals surface area contributed by atoms with Gasteiger partial charge in [0.2, 0.25) is 5.91 Å². The molecule has 0 bridgehead atoms. The number of carbonyl (C=O) groups is 3. The quantitative estimate of drug-likeness (QED) is 0.704. The largest absolute Gasteiger partial charge is 0.480 e. The number of benzene rings is 1. The highest BCUT2D eigenvalue weighted by atomic mass is 32.1. The molecule has 1 heterocycles. The molecular formula is C19H23N3O4S. The highest BCUT2D eigenvalue weighted by Crippen LogP contribution is 2.25. The third-order valence-electron chi connectivity index (χ3n) is 3.68. The van der Waals surface area contributed by atoms with Gasteiger partial charge in [-0.25, -0.2) is 4.98 Å². The Morgan fingerprint density at radius 1 is 1.19 bits per heavy atom. The van der Waals surface area contributed by atoms with Gasteiger partial charge in [-0.2, -0.15) is 0 Å². The summed E-state index contributed by atoms with van der Waals surface area (Å²) in [6, 6.07) is 5.27. The third-order valence-corrected chi connectivity index (χ3v) is 5.00. The molecule has 3 N–H and O–H groups in total. The maximum absolute atomic E-state index is 12.2. The van der Waals surface area contributed by atoms with Gasteiger partial charge in [0.15, 0.2) is 0 Å². The zero-order valence-electron chi connectivity index (χ0n) is 15.7. The van der Waals surface area contributed by atoms with E-state index in [1.54, 1.807) is 12.1 Å². The summed E-state index contributed by atoms with van der Waals surface area (Å²) in [6.07, 6.45) is 0.172. The Labute approximate surface area is 161 Å². The van der Waals surface area contributed by atoms with Crippen LogP contribution in [0.15, 0.2) is 29.6 Å². The first kappa shape index (κ1) is 20.6. The molecule has 2 rings (SSSR count). The number of anilines is 1. The molecular weight excluding hydrogens is 366 g/mol. The molecule has 0 aliphatic heterocycles. The number of hydrogen-bond acceptors (Lipinski definition) is 5. The van der Waals surface area contributed by atoms with E-state index in [-0.39, 0.29) is 17.7 Å². The van der Waals surface area contributed by atoms with E-state index >= 15 is 0 Å². The van der Waals surface area contributed by atoms with Gasteiger partial charge in [0.25, 0.3) is 5.91 Å². The maximum atomic E-state index is 12.2. The van der Waals surface area contributed by atoms with Crippen molar-refractivity contribution >= 4 is 34.8 Å². The lowest BCUT2D eigenvalue weighted by Gasteiger charge is -2.13. The van der Waals surface area contributed by atoms with E-state index in [4.69, 9.17) is 5.11 Å². The van der Waals surface area contributed by atoms with Crippen LogP contribution < -0.4 is 10.6 Å². The first-order chi connectivity index (χ1) is 12.6. The number of hydrogen-bond donors (Lipinski definition) is 3. The smallest absolute Gasteiger partial charge is 0.325 e. The number of nitrogens with zero attached hydrogens (tertiary/aromatic N) is 1. The average molecular weight is 389 g/mol. The molecule has 144 valence electrons. The highest BCUT2D eigenvalue weighted by Gasteiger charge is 2.19. The van der Waals surface area contributed by atoms with E-state index in [0.717, 1.165) is 10.7 Å². The summed E-state index contributed by atoms with van der Waals surface area (Å²) in [4.78, 5) is 39.4. The van der Waals surface area contributed by atoms with Crippen molar-refractivity contribution in [2.75, 3.05) is 5.32 Å². The Hall–Kier alpha value is -2.74. The summed E-state index contributed by atoms with van der Waals surface area (Å²) in [5.74, 6) is -1.79. The van der Waals surface area contributed by atoms with Crippen LogP contribution in [0.5, 0.6) is 0 Å². The van der Waals surface area contributed by atoms with Crippen LogP contribution in [-0.2, 0) is 21.4 Å². The summed E-state index contributed by atoms with van der Waals surface area (Å²) in [5, 5.41) is 16.8. The van der Waals surface area contributed by atoms with Gasteiger partial charge in [0.05, 0.1) is 17.1 Å². The normalized spacial score (nSPS) is 12.3. The van der Waals surface area contributed by atoms with E-state index in [1.165, 1.54) is 30.4 Å². The van der Waals surface area contributed by atoms with Crippen LogP contribution in [0.2, 0.25) is 0 Å². The minimum Gasteiger partial charge on any atom is -0.480 e. The van der Waals surface area contributed by atoms with Crippen LogP contribution in [0.3, 0.4) is 0 Å². The molecule has 1 aromatic carbocycles. The number of thiazole rings is 1. The van der Waals surface area contributed by atoms with E-state index in [2.05, 4.69) is 36.4 Å². The molecule has 0 saturated heterocycles. The second-order valence-electron chi connectivity index (χ2n) is 7.23. The van der Waals surface area contributed by atoms with Gasteiger partial charge in [0.1, 0.15) is 6.04 Å². The number of aromatic nitrogens is 1. The van der Waals surface area contributed by atoms with Gasteiger partial charge in [-0.3, -0.25) is 14.4 Å². The first-order valence-electron chi connectivity index (χ1n) is 8.44. The molecule has 27 heavy (non-hydrogen) atoms. The minimum atomic E-state index is -1.11. The molecule has 1 unspecified atom stereocenters. The van der Waals surface area contributed by atoms with Crippen molar-refractivity contribution in [3.8, 4) is 0 Å². The third kappa shape index (κ3) is 5.89. The Bertz CT molecular complexity index is 837. The van der Waals surface area contributed by atoms with E-state index in [0.29, 0.717) is 11.3 Å². The lowest BCUT2D eigenvalue weighted by Crippen LogP contribution is -2.38. The van der Waals surface area contributed by atoms with Gasteiger partial charge >= 0.3 is 5.97 Å². The second kappa shape index (κ2) is 8.30. The summed E-state index contributed by atoms with van der Waals surface area (Å²) in [5.41, 5.74) is 1.54. The molecule has 1 aromatic heterocycles. The fraction of sp³-hybridized carbons (Fsp3) is 0.368. The highest BCUT2D eigenvalue weighted by molar-refractivity contribution is 7.09. The molecule has 8 heteroatoms. The van der Waals surface area contributed by atoms with Crippen LogP contribution in [0.25, 0.3) is 0 Å². The van der Waals surface area contributed by atoms with Crippen LogP contribution in [0.1, 0.15) is 48.8 Å². The van der Waals surface area contributed by atoms with Gasteiger partial charge in [-0.15, -0.1) is 11.3 Å². The summed E-state index contributed by atoms with van der Waals surface area (Å²) < 4.78 is 0.